The maximum Gasteiger partial charge on any atom is 0.320 e. The Hall–Kier alpha value is -6.23. The SMILES string of the molecule is CC(=O)CN1CCN(CC(=O)NCc2cccc(C(=O)N[C@@H](CC(=O)OC(C)(C)C)C(=O)CCC(=O)N[C@@H](CCCCN3C(=O)C=CC3=O)C(C)=O)c2)CCN(CC(=O)OC(C)(C)C)CCN(CC(=O)OC(C)(C)C)CC1. The molecular weight excluding hydrogens is 997 g/mol. The van der Waals surface area contributed by atoms with Gasteiger partial charge in [-0.15, -0.1) is 0 Å². The van der Waals surface area contributed by atoms with E-state index < -0.39 is 76.7 Å². The van der Waals surface area contributed by atoms with Gasteiger partial charge in [0.25, 0.3) is 17.7 Å². The minimum absolute atomic E-state index is 0.0202. The van der Waals surface area contributed by atoms with Crippen LogP contribution in [0, 0.1) is 0 Å². The molecule has 1 aromatic carbocycles. The first-order valence-corrected chi connectivity index (χ1v) is 26.4. The number of ketones is 3. The molecule has 1 saturated heterocycles. The topological polar surface area (TPSA) is 268 Å². The van der Waals surface area contributed by atoms with Crippen molar-refractivity contribution in [3.05, 3.63) is 47.5 Å². The monoisotopic (exact) mass is 1080 g/mol. The lowest BCUT2D eigenvalue weighted by Gasteiger charge is -2.34. The second-order valence-electron chi connectivity index (χ2n) is 22.6. The highest BCUT2D eigenvalue weighted by molar-refractivity contribution is 6.12. The third-order valence-corrected chi connectivity index (χ3v) is 11.9. The molecule has 5 amide bonds. The molecule has 0 saturated carbocycles. The Morgan fingerprint density at radius 2 is 1.05 bits per heavy atom. The molecule has 428 valence electrons. The fourth-order valence-corrected chi connectivity index (χ4v) is 8.28. The maximum atomic E-state index is 13.8. The van der Waals surface area contributed by atoms with Crippen LogP contribution in [0.3, 0.4) is 0 Å². The predicted octanol–water partition coefficient (Wildman–Crippen LogP) is 2.15. The number of imide groups is 1. The number of hydrogen-bond donors (Lipinski definition) is 3. The van der Waals surface area contributed by atoms with Crippen LogP contribution in [0.15, 0.2) is 36.4 Å². The summed E-state index contributed by atoms with van der Waals surface area (Å²) in [6, 6.07) is 4.09. The van der Waals surface area contributed by atoms with E-state index in [1.807, 2.05) is 19.6 Å². The van der Waals surface area contributed by atoms with Gasteiger partial charge >= 0.3 is 17.9 Å². The molecule has 0 spiro atoms. The van der Waals surface area contributed by atoms with Crippen LogP contribution in [0.25, 0.3) is 0 Å². The van der Waals surface area contributed by atoms with Crippen molar-refractivity contribution < 1.29 is 67.0 Å². The van der Waals surface area contributed by atoms with Crippen LogP contribution in [0.1, 0.15) is 131 Å². The maximum absolute atomic E-state index is 13.8. The number of hydrogen-bond acceptors (Lipinski definition) is 18. The van der Waals surface area contributed by atoms with Crippen LogP contribution in [0.4, 0.5) is 0 Å². The first-order chi connectivity index (χ1) is 35.8. The second kappa shape index (κ2) is 30.6. The number of benzene rings is 1. The number of carbonyl (C=O) groups excluding carboxylic acids is 11. The van der Waals surface area contributed by atoms with E-state index in [1.165, 1.54) is 38.1 Å². The molecule has 2 aliphatic rings. The molecule has 3 rings (SSSR count). The van der Waals surface area contributed by atoms with Gasteiger partial charge in [0.15, 0.2) is 11.6 Å². The standard InChI is InChI=1S/C55H84N8O14/c1-38(64)34-59-23-25-60(26-28-62(37-51(73)77-55(9,10)11)30-29-61(27-24-59)36-50(72)76-54(6,7)8)35-46(68)56-33-40-15-14-16-41(31-40)52(74)58-43(32-49(71)75-53(3,4)5)44(66)18-19-45(67)57-42(39(2)65)17-12-13-22-63-47(69)20-21-48(63)70/h14-16,20-21,31,42-43H,12-13,17-19,22-30,32-37H2,1-11H3,(H,56,68)(H,57,67)(H,58,74)/t42-,43-/m0/s1. The summed E-state index contributed by atoms with van der Waals surface area (Å²) < 4.78 is 16.7. The molecule has 22 heteroatoms. The number of Topliss-reactive ketones (excluding diaryl/α,β-unsaturated/α-hetero) is 3. The fourth-order valence-electron chi connectivity index (χ4n) is 8.28. The fraction of sp³-hybridized carbons (Fsp3) is 0.655. The number of esters is 3. The Morgan fingerprint density at radius 1 is 0.571 bits per heavy atom. The summed E-state index contributed by atoms with van der Waals surface area (Å²) >= 11 is 0. The average molecular weight is 1080 g/mol. The highest BCUT2D eigenvalue weighted by atomic mass is 16.6. The minimum Gasteiger partial charge on any atom is -0.460 e. The zero-order valence-corrected chi connectivity index (χ0v) is 47.2. The molecule has 77 heavy (non-hydrogen) atoms. The Balaban J connectivity index is 1.69. The van der Waals surface area contributed by atoms with Crippen LogP contribution in [0.2, 0.25) is 0 Å². The van der Waals surface area contributed by atoms with Gasteiger partial charge in [0.1, 0.15) is 22.6 Å². The molecule has 22 nitrogen and oxygen atoms in total. The zero-order valence-electron chi connectivity index (χ0n) is 47.2. The Morgan fingerprint density at radius 3 is 1.53 bits per heavy atom. The Labute approximate surface area is 453 Å². The second-order valence-corrected chi connectivity index (χ2v) is 22.6. The van der Waals surface area contributed by atoms with Gasteiger partial charge in [0.05, 0.1) is 44.7 Å². The zero-order chi connectivity index (χ0) is 57.7. The summed E-state index contributed by atoms with van der Waals surface area (Å²) in [5, 5.41) is 8.17. The smallest absolute Gasteiger partial charge is 0.320 e. The molecule has 1 aromatic rings. The number of carbonyl (C=O) groups is 11. The number of ether oxygens (including phenoxy) is 3. The van der Waals surface area contributed by atoms with E-state index in [9.17, 15) is 52.7 Å². The van der Waals surface area contributed by atoms with E-state index >= 15 is 0 Å². The molecule has 0 aliphatic carbocycles. The molecule has 0 unspecified atom stereocenters. The summed E-state index contributed by atoms with van der Waals surface area (Å²) in [6.45, 7) is 22.1. The number of nitrogens with one attached hydrogen (secondary N) is 3. The number of amides is 5. The lowest BCUT2D eigenvalue weighted by atomic mass is 10.0. The molecule has 2 atom stereocenters. The van der Waals surface area contributed by atoms with Crippen molar-refractivity contribution in [2.45, 2.75) is 150 Å². The van der Waals surface area contributed by atoms with Crippen molar-refractivity contribution >= 4 is 64.8 Å². The molecule has 0 aromatic heterocycles. The Bertz CT molecular complexity index is 2280. The molecule has 2 heterocycles. The van der Waals surface area contributed by atoms with Crippen molar-refractivity contribution in [1.29, 1.82) is 0 Å². The van der Waals surface area contributed by atoms with E-state index in [0.29, 0.717) is 70.8 Å². The lowest BCUT2D eigenvalue weighted by Crippen LogP contribution is -2.50. The quantitative estimate of drug-likeness (QED) is 0.0548. The highest BCUT2D eigenvalue weighted by Gasteiger charge is 2.30. The summed E-state index contributed by atoms with van der Waals surface area (Å²) in [5.41, 5.74) is -1.61. The summed E-state index contributed by atoms with van der Waals surface area (Å²) in [4.78, 5) is 150. The molecular formula is C55H84N8O14. The van der Waals surface area contributed by atoms with Gasteiger partial charge in [-0.1, -0.05) is 12.1 Å². The van der Waals surface area contributed by atoms with E-state index in [-0.39, 0.29) is 87.5 Å². The van der Waals surface area contributed by atoms with Crippen molar-refractivity contribution in [3.63, 3.8) is 0 Å². The van der Waals surface area contributed by atoms with Gasteiger partial charge in [0, 0.05) is 96.0 Å². The van der Waals surface area contributed by atoms with Gasteiger partial charge in [0.2, 0.25) is 11.8 Å². The number of nitrogens with zero attached hydrogens (tertiary/aromatic N) is 5. The Kier molecular flexibility index (Phi) is 25.9. The molecule has 0 bridgehead atoms. The number of rotatable bonds is 25. The van der Waals surface area contributed by atoms with Gasteiger partial charge in [-0.2, -0.15) is 0 Å². The summed E-state index contributed by atoms with van der Waals surface area (Å²) in [7, 11) is 0. The largest absolute Gasteiger partial charge is 0.460 e. The van der Waals surface area contributed by atoms with Crippen LogP contribution in [-0.4, -0.2) is 203 Å². The van der Waals surface area contributed by atoms with E-state index in [4.69, 9.17) is 14.2 Å². The van der Waals surface area contributed by atoms with Crippen molar-refractivity contribution in [2.75, 3.05) is 85.1 Å². The van der Waals surface area contributed by atoms with E-state index in [0.717, 1.165) is 4.90 Å². The molecule has 3 N–H and O–H groups in total. The van der Waals surface area contributed by atoms with Gasteiger partial charge in [-0.05, 0) is 113 Å². The molecule has 0 radical (unpaired) electrons. The van der Waals surface area contributed by atoms with Crippen LogP contribution in [-0.2, 0) is 68.7 Å². The number of unbranched alkanes of at least 4 members (excludes halogenated alkanes) is 1. The van der Waals surface area contributed by atoms with Gasteiger partial charge in [-0.3, -0.25) is 77.2 Å². The minimum atomic E-state index is -1.38. The summed E-state index contributed by atoms with van der Waals surface area (Å²) in [5.74, 6) is -5.02. The first kappa shape index (κ1) is 65.1. The van der Waals surface area contributed by atoms with E-state index in [1.54, 1.807) is 74.4 Å². The van der Waals surface area contributed by atoms with Crippen molar-refractivity contribution in [1.82, 2.24) is 40.4 Å². The predicted molar refractivity (Wildman–Crippen MR) is 285 cm³/mol. The molecule has 1 fully saturated rings. The van der Waals surface area contributed by atoms with Gasteiger partial charge < -0.3 is 30.2 Å². The third-order valence-electron chi connectivity index (χ3n) is 11.9. The molecule has 2 aliphatic heterocycles. The van der Waals surface area contributed by atoms with E-state index in [2.05, 4.69) is 16.0 Å². The highest BCUT2D eigenvalue weighted by Crippen LogP contribution is 2.15. The van der Waals surface area contributed by atoms with Crippen molar-refractivity contribution in [2.24, 2.45) is 0 Å². The summed E-state index contributed by atoms with van der Waals surface area (Å²) in [6.07, 6.45) is 2.17. The van der Waals surface area contributed by atoms with Crippen molar-refractivity contribution in [3.8, 4) is 0 Å². The third kappa shape index (κ3) is 27.1. The average Bonchev–Trinajstić information content (AvgIpc) is 3.62. The normalized spacial score (nSPS) is 16.6. The lowest BCUT2D eigenvalue weighted by molar-refractivity contribution is -0.158. The first-order valence-electron chi connectivity index (χ1n) is 26.4. The van der Waals surface area contributed by atoms with Crippen LogP contribution < -0.4 is 16.0 Å². The van der Waals surface area contributed by atoms with Crippen LogP contribution in [0.5, 0.6) is 0 Å². The van der Waals surface area contributed by atoms with Gasteiger partial charge in [-0.25, -0.2) is 0 Å². The van der Waals surface area contributed by atoms with Crippen LogP contribution >= 0.6 is 0 Å².